The molecule has 1 rings (SSSR count). The van der Waals surface area contributed by atoms with Crippen LogP contribution in [0.2, 0.25) is 0 Å². The van der Waals surface area contributed by atoms with E-state index in [-0.39, 0.29) is 0 Å². The Morgan fingerprint density at radius 3 is 2.71 bits per heavy atom. The normalized spacial score (nSPS) is 9.93. The molecular weight excluding hydrogens is 174 g/mol. The van der Waals surface area contributed by atoms with Gasteiger partial charge in [-0.05, 0) is 24.5 Å². The standard InChI is InChI=1S/C12H15NO/c1-9(2)8-14-12-10(3)5-4-6-11(12)7-13/h4-6,9H,8H2,1-3H3. The minimum Gasteiger partial charge on any atom is -0.492 e. The number of nitrogens with zero attached hydrogens (tertiary/aromatic N) is 1. The van der Waals surface area contributed by atoms with Crippen LogP contribution in [-0.4, -0.2) is 6.61 Å². The molecule has 74 valence electrons. The Labute approximate surface area is 85.1 Å². The number of ether oxygens (including phenoxy) is 1. The van der Waals surface area contributed by atoms with Crippen molar-refractivity contribution in [2.45, 2.75) is 20.8 Å². The van der Waals surface area contributed by atoms with Gasteiger partial charge in [0.05, 0.1) is 12.2 Å². The summed E-state index contributed by atoms with van der Waals surface area (Å²) < 4.78 is 5.60. The van der Waals surface area contributed by atoms with Crippen molar-refractivity contribution >= 4 is 0 Å². The van der Waals surface area contributed by atoms with Crippen molar-refractivity contribution in [3.63, 3.8) is 0 Å². The van der Waals surface area contributed by atoms with Crippen molar-refractivity contribution in [1.82, 2.24) is 0 Å². The quantitative estimate of drug-likeness (QED) is 0.732. The first-order chi connectivity index (χ1) is 6.65. The molecule has 0 unspecified atom stereocenters. The third kappa shape index (κ3) is 2.50. The van der Waals surface area contributed by atoms with E-state index < -0.39 is 0 Å². The van der Waals surface area contributed by atoms with Gasteiger partial charge < -0.3 is 4.74 Å². The number of rotatable bonds is 3. The first-order valence-electron chi connectivity index (χ1n) is 4.77. The molecule has 0 amide bonds. The van der Waals surface area contributed by atoms with Crippen LogP contribution in [0.15, 0.2) is 18.2 Å². The van der Waals surface area contributed by atoms with Crippen molar-refractivity contribution in [2.75, 3.05) is 6.61 Å². The van der Waals surface area contributed by atoms with Crippen LogP contribution in [0.3, 0.4) is 0 Å². The molecule has 0 heterocycles. The van der Waals surface area contributed by atoms with Crippen LogP contribution in [0.4, 0.5) is 0 Å². The second-order valence-electron chi connectivity index (χ2n) is 3.77. The third-order valence-corrected chi connectivity index (χ3v) is 1.89. The summed E-state index contributed by atoms with van der Waals surface area (Å²) >= 11 is 0. The molecule has 0 saturated heterocycles. The third-order valence-electron chi connectivity index (χ3n) is 1.89. The Balaban J connectivity index is 2.89. The van der Waals surface area contributed by atoms with Crippen LogP contribution in [0, 0.1) is 24.2 Å². The smallest absolute Gasteiger partial charge is 0.139 e. The fourth-order valence-corrected chi connectivity index (χ4v) is 1.18. The molecule has 0 aliphatic heterocycles. The van der Waals surface area contributed by atoms with E-state index in [2.05, 4.69) is 19.9 Å². The molecule has 0 fully saturated rings. The van der Waals surface area contributed by atoms with E-state index in [1.165, 1.54) is 0 Å². The van der Waals surface area contributed by atoms with E-state index in [0.29, 0.717) is 18.1 Å². The molecule has 0 aromatic heterocycles. The zero-order chi connectivity index (χ0) is 10.6. The Bertz CT molecular complexity index is 350. The lowest BCUT2D eigenvalue weighted by Gasteiger charge is -2.12. The predicted molar refractivity (Wildman–Crippen MR) is 56.2 cm³/mol. The lowest BCUT2D eigenvalue weighted by molar-refractivity contribution is 0.269. The summed E-state index contributed by atoms with van der Waals surface area (Å²) in [5.74, 6) is 1.20. The SMILES string of the molecule is Cc1cccc(C#N)c1OCC(C)C. The molecule has 2 nitrogen and oxygen atoms in total. The molecule has 2 heteroatoms. The summed E-state index contributed by atoms with van der Waals surface area (Å²) in [5, 5.41) is 8.88. The Hall–Kier alpha value is -1.49. The highest BCUT2D eigenvalue weighted by molar-refractivity contribution is 5.47. The van der Waals surface area contributed by atoms with Gasteiger partial charge in [-0.3, -0.25) is 0 Å². The Morgan fingerprint density at radius 2 is 2.14 bits per heavy atom. The van der Waals surface area contributed by atoms with Crippen molar-refractivity contribution in [2.24, 2.45) is 5.92 Å². The van der Waals surface area contributed by atoms with E-state index in [1.807, 2.05) is 19.1 Å². The predicted octanol–water partition coefficient (Wildman–Crippen LogP) is 2.90. The number of benzene rings is 1. The minimum absolute atomic E-state index is 0.473. The maximum Gasteiger partial charge on any atom is 0.139 e. The molecule has 0 spiro atoms. The molecule has 0 atom stereocenters. The van der Waals surface area contributed by atoms with Crippen molar-refractivity contribution in [1.29, 1.82) is 5.26 Å². The van der Waals surface area contributed by atoms with Gasteiger partial charge in [0.2, 0.25) is 0 Å². The van der Waals surface area contributed by atoms with E-state index in [1.54, 1.807) is 6.07 Å². The summed E-state index contributed by atoms with van der Waals surface area (Å²) in [5.41, 5.74) is 1.63. The number of aryl methyl sites for hydroxylation is 1. The average Bonchev–Trinajstić information content (AvgIpc) is 2.15. The number of hydrogen-bond donors (Lipinski definition) is 0. The van der Waals surface area contributed by atoms with E-state index in [4.69, 9.17) is 10.00 Å². The zero-order valence-corrected chi connectivity index (χ0v) is 8.87. The average molecular weight is 189 g/mol. The molecule has 0 aliphatic carbocycles. The zero-order valence-electron chi connectivity index (χ0n) is 8.87. The van der Waals surface area contributed by atoms with Crippen LogP contribution in [-0.2, 0) is 0 Å². The van der Waals surface area contributed by atoms with Crippen LogP contribution in [0.1, 0.15) is 25.0 Å². The molecular formula is C12H15NO. The molecule has 0 N–H and O–H groups in total. The van der Waals surface area contributed by atoms with E-state index in [0.717, 1.165) is 11.3 Å². The van der Waals surface area contributed by atoms with Gasteiger partial charge in [-0.15, -0.1) is 0 Å². The first-order valence-corrected chi connectivity index (χ1v) is 4.77. The first kappa shape index (κ1) is 10.6. The van der Waals surface area contributed by atoms with Gasteiger partial charge in [-0.25, -0.2) is 0 Å². The summed E-state index contributed by atoms with van der Waals surface area (Å²) in [6.07, 6.45) is 0. The van der Waals surface area contributed by atoms with Crippen molar-refractivity contribution in [3.05, 3.63) is 29.3 Å². The lowest BCUT2D eigenvalue weighted by Crippen LogP contribution is -2.06. The van der Waals surface area contributed by atoms with Crippen LogP contribution in [0.25, 0.3) is 0 Å². The topological polar surface area (TPSA) is 33.0 Å². The lowest BCUT2D eigenvalue weighted by atomic mass is 10.1. The number of nitriles is 1. The second-order valence-corrected chi connectivity index (χ2v) is 3.77. The molecule has 0 aliphatic rings. The van der Waals surface area contributed by atoms with Crippen LogP contribution >= 0.6 is 0 Å². The maximum absolute atomic E-state index is 8.88. The van der Waals surface area contributed by atoms with Crippen LogP contribution in [0.5, 0.6) is 5.75 Å². The van der Waals surface area contributed by atoms with Gasteiger partial charge in [0.15, 0.2) is 0 Å². The molecule has 1 aromatic rings. The van der Waals surface area contributed by atoms with Gasteiger partial charge in [0.1, 0.15) is 11.8 Å². The molecule has 0 bridgehead atoms. The highest BCUT2D eigenvalue weighted by Crippen LogP contribution is 2.22. The summed E-state index contributed by atoms with van der Waals surface area (Å²) in [6, 6.07) is 7.74. The molecule has 0 radical (unpaired) electrons. The fourth-order valence-electron chi connectivity index (χ4n) is 1.18. The maximum atomic E-state index is 8.88. The van der Waals surface area contributed by atoms with E-state index >= 15 is 0 Å². The van der Waals surface area contributed by atoms with Gasteiger partial charge in [-0.1, -0.05) is 26.0 Å². The van der Waals surface area contributed by atoms with E-state index in [9.17, 15) is 0 Å². The largest absolute Gasteiger partial charge is 0.492 e. The van der Waals surface area contributed by atoms with Gasteiger partial charge in [-0.2, -0.15) is 5.26 Å². The highest BCUT2D eigenvalue weighted by atomic mass is 16.5. The Morgan fingerprint density at radius 1 is 1.43 bits per heavy atom. The molecule has 14 heavy (non-hydrogen) atoms. The Kier molecular flexibility index (Phi) is 3.53. The second kappa shape index (κ2) is 4.66. The summed E-state index contributed by atoms with van der Waals surface area (Å²) in [6.45, 7) is 6.78. The summed E-state index contributed by atoms with van der Waals surface area (Å²) in [4.78, 5) is 0. The number of hydrogen-bond acceptors (Lipinski definition) is 2. The van der Waals surface area contributed by atoms with Crippen molar-refractivity contribution in [3.8, 4) is 11.8 Å². The summed E-state index contributed by atoms with van der Waals surface area (Å²) in [7, 11) is 0. The minimum atomic E-state index is 0.473. The number of para-hydroxylation sites is 1. The monoisotopic (exact) mass is 189 g/mol. The highest BCUT2D eigenvalue weighted by Gasteiger charge is 2.06. The van der Waals surface area contributed by atoms with Gasteiger partial charge in [0.25, 0.3) is 0 Å². The van der Waals surface area contributed by atoms with Gasteiger partial charge >= 0.3 is 0 Å². The molecule has 1 aromatic carbocycles. The van der Waals surface area contributed by atoms with Crippen LogP contribution < -0.4 is 4.74 Å². The molecule has 0 saturated carbocycles. The fraction of sp³-hybridized carbons (Fsp3) is 0.417. The van der Waals surface area contributed by atoms with Crippen molar-refractivity contribution < 1.29 is 4.74 Å². The van der Waals surface area contributed by atoms with Gasteiger partial charge in [0, 0.05) is 0 Å².